The average Bonchev–Trinajstić information content (AvgIpc) is 2.98. The van der Waals surface area contributed by atoms with Crippen molar-refractivity contribution in [1.29, 1.82) is 0 Å². The van der Waals surface area contributed by atoms with E-state index in [1.807, 2.05) is 42.5 Å². The number of rotatable bonds is 4. The molecule has 3 rings (SSSR count). The van der Waals surface area contributed by atoms with Gasteiger partial charge in [0.2, 0.25) is 0 Å². The molecular weight excluding hydrogens is 341 g/mol. The van der Waals surface area contributed by atoms with Crippen LogP contribution in [0, 0.1) is 0 Å². The predicted octanol–water partition coefficient (Wildman–Crippen LogP) is 6.52. The molecule has 22 heavy (non-hydrogen) atoms. The van der Waals surface area contributed by atoms with Crippen LogP contribution in [-0.4, -0.2) is 0 Å². The van der Waals surface area contributed by atoms with Gasteiger partial charge in [0, 0.05) is 16.3 Å². The fraction of sp³-hybridized carbons (Fsp3) is 0.0588. The normalized spacial score (nSPS) is 10.7. The fourth-order valence-corrected chi connectivity index (χ4v) is 2.46. The molecule has 0 radical (unpaired) electrons. The Labute approximate surface area is 143 Å². The molecule has 0 fully saturated rings. The first kappa shape index (κ1) is 15.3. The summed E-state index contributed by atoms with van der Waals surface area (Å²) in [5.41, 5.74) is 1.88. The van der Waals surface area contributed by atoms with Crippen LogP contribution in [0.2, 0.25) is 15.1 Å². The summed E-state index contributed by atoms with van der Waals surface area (Å²) in [5.74, 6) is 1.64. The van der Waals surface area contributed by atoms with E-state index in [1.54, 1.807) is 12.1 Å². The van der Waals surface area contributed by atoms with Gasteiger partial charge in [0.15, 0.2) is 0 Å². The van der Waals surface area contributed by atoms with Crippen molar-refractivity contribution in [3.05, 3.63) is 75.4 Å². The molecule has 112 valence electrons. The summed E-state index contributed by atoms with van der Waals surface area (Å²) in [4.78, 5) is 0. The highest BCUT2D eigenvalue weighted by atomic mass is 35.5. The largest absolute Gasteiger partial charge is 0.459 e. The van der Waals surface area contributed by atoms with E-state index in [9.17, 15) is 0 Å². The summed E-state index contributed by atoms with van der Waals surface area (Å²) in [6, 6.07) is 16.8. The van der Waals surface area contributed by atoms with Crippen LogP contribution in [0.5, 0.6) is 0 Å². The van der Waals surface area contributed by atoms with E-state index < -0.39 is 0 Å². The van der Waals surface area contributed by atoms with Crippen LogP contribution in [0.4, 0.5) is 5.69 Å². The molecule has 0 aliphatic rings. The second-order valence-corrected chi connectivity index (χ2v) is 6.01. The van der Waals surface area contributed by atoms with Crippen molar-refractivity contribution in [2.45, 2.75) is 6.54 Å². The number of benzene rings is 2. The summed E-state index contributed by atoms with van der Waals surface area (Å²) < 4.78 is 5.82. The lowest BCUT2D eigenvalue weighted by Gasteiger charge is -2.05. The molecule has 0 unspecified atom stereocenters. The maximum atomic E-state index is 5.99. The van der Waals surface area contributed by atoms with Gasteiger partial charge in [-0.1, -0.05) is 34.8 Å². The van der Waals surface area contributed by atoms with E-state index in [-0.39, 0.29) is 0 Å². The van der Waals surface area contributed by atoms with Gasteiger partial charge in [-0.15, -0.1) is 0 Å². The molecule has 2 nitrogen and oxygen atoms in total. The third-order valence-electron chi connectivity index (χ3n) is 3.18. The Bertz CT molecular complexity index is 781. The van der Waals surface area contributed by atoms with Gasteiger partial charge in [0.1, 0.15) is 11.5 Å². The van der Waals surface area contributed by atoms with Crippen molar-refractivity contribution in [2.24, 2.45) is 0 Å². The molecule has 0 aliphatic carbocycles. The van der Waals surface area contributed by atoms with E-state index in [4.69, 9.17) is 39.2 Å². The number of nitrogens with one attached hydrogen (secondary N) is 1. The van der Waals surface area contributed by atoms with Gasteiger partial charge < -0.3 is 9.73 Å². The summed E-state index contributed by atoms with van der Waals surface area (Å²) in [7, 11) is 0. The lowest BCUT2D eigenvalue weighted by atomic mass is 10.2. The maximum absolute atomic E-state index is 5.99. The van der Waals surface area contributed by atoms with E-state index >= 15 is 0 Å². The zero-order chi connectivity index (χ0) is 15.5. The van der Waals surface area contributed by atoms with Crippen LogP contribution in [0.1, 0.15) is 5.76 Å². The average molecular weight is 353 g/mol. The van der Waals surface area contributed by atoms with Crippen LogP contribution in [0.3, 0.4) is 0 Å². The van der Waals surface area contributed by atoms with Crippen LogP contribution in [-0.2, 0) is 6.54 Å². The Morgan fingerprint density at radius 1 is 0.818 bits per heavy atom. The third kappa shape index (κ3) is 3.58. The molecule has 2 aromatic carbocycles. The monoisotopic (exact) mass is 351 g/mol. The van der Waals surface area contributed by atoms with Gasteiger partial charge in [-0.05, 0) is 54.6 Å². The van der Waals surface area contributed by atoms with Gasteiger partial charge in [-0.3, -0.25) is 0 Å². The van der Waals surface area contributed by atoms with E-state index in [0.717, 1.165) is 22.8 Å². The molecule has 0 saturated carbocycles. The fourth-order valence-electron chi connectivity index (χ4n) is 2.04. The lowest BCUT2D eigenvalue weighted by molar-refractivity contribution is 0.531. The van der Waals surface area contributed by atoms with Gasteiger partial charge in [-0.25, -0.2) is 0 Å². The molecule has 3 aromatic rings. The van der Waals surface area contributed by atoms with Gasteiger partial charge in [0.05, 0.1) is 16.6 Å². The maximum Gasteiger partial charge on any atom is 0.134 e. The number of anilines is 1. The molecule has 0 amide bonds. The van der Waals surface area contributed by atoms with Crippen molar-refractivity contribution in [1.82, 2.24) is 0 Å². The highest BCUT2D eigenvalue weighted by Crippen LogP contribution is 2.26. The molecule has 0 spiro atoms. The summed E-state index contributed by atoms with van der Waals surface area (Å²) in [6.45, 7) is 0.561. The second kappa shape index (κ2) is 6.66. The minimum absolute atomic E-state index is 0.521. The zero-order valence-corrected chi connectivity index (χ0v) is 13.7. The summed E-state index contributed by atoms with van der Waals surface area (Å²) in [5, 5.41) is 5.01. The Morgan fingerprint density at radius 2 is 1.59 bits per heavy atom. The Hall–Kier alpha value is -1.61. The zero-order valence-electron chi connectivity index (χ0n) is 11.4. The molecule has 0 saturated heterocycles. The van der Waals surface area contributed by atoms with Crippen LogP contribution < -0.4 is 5.32 Å². The van der Waals surface area contributed by atoms with E-state index in [0.29, 0.717) is 21.6 Å². The number of hydrogen-bond acceptors (Lipinski definition) is 2. The van der Waals surface area contributed by atoms with Crippen molar-refractivity contribution >= 4 is 40.5 Å². The van der Waals surface area contributed by atoms with E-state index in [2.05, 4.69) is 5.32 Å². The number of hydrogen-bond donors (Lipinski definition) is 1. The van der Waals surface area contributed by atoms with Crippen LogP contribution >= 0.6 is 34.8 Å². The molecule has 5 heteroatoms. The number of furan rings is 1. The minimum atomic E-state index is 0.521. The highest BCUT2D eigenvalue weighted by Gasteiger charge is 2.05. The van der Waals surface area contributed by atoms with Crippen molar-refractivity contribution in [3.8, 4) is 11.3 Å². The summed E-state index contributed by atoms with van der Waals surface area (Å²) in [6.07, 6.45) is 0. The van der Waals surface area contributed by atoms with Gasteiger partial charge >= 0.3 is 0 Å². The Balaban J connectivity index is 1.69. The van der Waals surface area contributed by atoms with Gasteiger partial charge in [-0.2, -0.15) is 0 Å². The van der Waals surface area contributed by atoms with Crippen molar-refractivity contribution in [2.75, 3.05) is 5.32 Å². The first-order valence-corrected chi connectivity index (χ1v) is 7.79. The SMILES string of the molecule is Clc1ccc(-c2ccc(CNc3ccc(Cl)c(Cl)c3)o2)cc1. The predicted molar refractivity (Wildman–Crippen MR) is 92.9 cm³/mol. The quantitative estimate of drug-likeness (QED) is 0.578. The molecule has 0 aliphatic heterocycles. The molecule has 1 N–H and O–H groups in total. The third-order valence-corrected chi connectivity index (χ3v) is 4.17. The van der Waals surface area contributed by atoms with Gasteiger partial charge in [0.25, 0.3) is 0 Å². The Morgan fingerprint density at radius 3 is 2.32 bits per heavy atom. The molecule has 1 aromatic heterocycles. The Kier molecular flexibility index (Phi) is 4.63. The molecule has 0 bridgehead atoms. The van der Waals surface area contributed by atoms with Crippen LogP contribution in [0.15, 0.2) is 59.0 Å². The highest BCUT2D eigenvalue weighted by molar-refractivity contribution is 6.42. The number of halogens is 3. The molecule has 0 atom stereocenters. The lowest BCUT2D eigenvalue weighted by Crippen LogP contribution is -1.97. The molecule has 1 heterocycles. The molecular formula is C17H12Cl3NO. The first-order chi connectivity index (χ1) is 10.6. The van der Waals surface area contributed by atoms with Crippen molar-refractivity contribution in [3.63, 3.8) is 0 Å². The second-order valence-electron chi connectivity index (χ2n) is 4.76. The van der Waals surface area contributed by atoms with Crippen LogP contribution in [0.25, 0.3) is 11.3 Å². The topological polar surface area (TPSA) is 25.2 Å². The standard InChI is InChI=1S/C17H12Cl3NO/c18-12-3-1-11(2-4-12)17-8-6-14(22-17)10-21-13-5-7-15(19)16(20)9-13/h1-9,21H,10H2. The minimum Gasteiger partial charge on any atom is -0.459 e. The summed E-state index contributed by atoms with van der Waals surface area (Å²) >= 11 is 17.8. The van der Waals surface area contributed by atoms with Crippen molar-refractivity contribution < 1.29 is 4.42 Å². The van der Waals surface area contributed by atoms with E-state index in [1.165, 1.54) is 0 Å². The smallest absolute Gasteiger partial charge is 0.134 e. The first-order valence-electron chi connectivity index (χ1n) is 6.65.